The summed E-state index contributed by atoms with van der Waals surface area (Å²) >= 11 is 6.00. The van der Waals surface area contributed by atoms with Crippen LogP contribution in [0.2, 0.25) is 5.02 Å². The van der Waals surface area contributed by atoms with Crippen LogP contribution < -0.4 is 10.1 Å². The van der Waals surface area contributed by atoms with E-state index in [0.29, 0.717) is 24.5 Å². The van der Waals surface area contributed by atoms with Gasteiger partial charge < -0.3 is 14.8 Å². The second kappa shape index (κ2) is 8.34. The van der Waals surface area contributed by atoms with E-state index >= 15 is 0 Å². The van der Waals surface area contributed by atoms with Crippen molar-refractivity contribution in [2.24, 2.45) is 5.92 Å². The number of hydrogen-bond acceptors (Lipinski definition) is 5. The van der Waals surface area contributed by atoms with Gasteiger partial charge in [0, 0.05) is 24.7 Å². The minimum atomic E-state index is -3.44. The fourth-order valence-electron chi connectivity index (χ4n) is 3.47. The van der Waals surface area contributed by atoms with Crippen LogP contribution in [0.15, 0.2) is 18.2 Å². The van der Waals surface area contributed by atoms with Crippen LogP contribution in [0.1, 0.15) is 19.4 Å². The lowest BCUT2D eigenvalue weighted by molar-refractivity contribution is -0.126. The van der Waals surface area contributed by atoms with E-state index in [0.717, 1.165) is 11.3 Å². The molecule has 1 amide bonds. The molecule has 3 unspecified atom stereocenters. The summed E-state index contributed by atoms with van der Waals surface area (Å²) < 4.78 is 37.7. The Morgan fingerprint density at radius 2 is 2.00 bits per heavy atom. The van der Waals surface area contributed by atoms with E-state index in [1.807, 2.05) is 13.8 Å². The van der Waals surface area contributed by atoms with Crippen LogP contribution in [0.5, 0.6) is 5.75 Å². The first kappa shape index (κ1) is 20.4. The fourth-order valence-corrected chi connectivity index (χ4v) is 5.15. The third-order valence-electron chi connectivity index (χ3n) is 4.74. The molecule has 2 heterocycles. The topological polar surface area (TPSA) is 84.9 Å². The number of rotatable bonds is 5. The van der Waals surface area contributed by atoms with E-state index in [-0.39, 0.29) is 42.9 Å². The van der Waals surface area contributed by atoms with Crippen molar-refractivity contribution >= 4 is 27.5 Å². The summed E-state index contributed by atoms with van der Waals surface area (Å²) in [4.78, 5) is 12.4. The predicted octanol–water partition coefficient (Wildman–Crippen LogP) is 1.45. The van der Waals surface area contributed by atoms with E-state index in [4.69, 9.17) is 21.1 Å². The summed E-state index contributed by atoms with van der Waals surface area (Å²) in [6.45, 7) is 4.73. The van der Waals surface area contributed by atoms with Gasteiger partial charge in [0.1, 0.15) is 12.4 Å². The molecule has 0 spiro atoms. The van der Waals surface area contributed by atoms with Crippen molar-refractivity contribution in [3.8, 4) is 5.75 Å². The van der Waals surface area contributed by atoms with Gasteiger partial charge in [0.05, 0.1) is 23.9 Å². The highest BCUT2D eigenvalue weighted by molar-refractivity contribution is 7.89. The predicted molar refractivity (Wildman–Crippen MR) is 103 cm³/mol. The lowest BCUT2D eigenvalue weighted by atomic mass is 9.96. The summed E-state index contributed by atoms with van der Waals surface area (Å²) in [6, 6.07) is 5.34. The summed E-state index contributed by atoms with van der Waals surface area (Å²) in [7, 11) is -3.44. The second-order valence-corrected chi connectivity index (χ2v) is 9.67. The number of halogens is 1. The van der Waals surface area contributed by atoms with Crippen molar-refractivity contribution in [3.63, 3.8) is 0 Å². The molecule has 0 saturated carbocycles. The van der Waals surface area contributed by atoms with E-state index in [1.165, 1.54) is 4.31 Å². The van der Waals surface area contributed by atoms with Gasteiger partial charge in [-0.25, -0.2) is 8.42 Å². The van der Waals surface area contributed by atoms with Crippen molar-refractivity contribution < 1.29 is 22.7 Å². The van der Waals surface area contributed by atoms with Crippen LogP contribution in [0.3, 0.4) is 0 Å². The smallest absolute Gasteiger partial charge is 0.226 e. The van der Waals surface area contributed by atoms with Gasteiger partial charge in [-0.3, -0.25) is 4.79 Å². The standard InChI is InChI=1S/C18H25ClN2O5S/c1-12-9-21(10-13(2)26-12)27(23,24)6-5-20-18(22)15-7-14-8-16(19)3-4-17(14)25-11-15/h3-4,8,12-13,15H,5-7,9-11H2,1-2H3,(H,20,22). The molecule has 1 fully saturated rings. The summed E-state index contributed by atoms with van der Waals surface area (Å²) in [5.74, 6) is 0.0389. The number of benzene rings is 1. The Labute approximate surface area is 165 Å². The molecule has 1 aromatic carbocycles. The highest BCUT2D eigenvalue weighted by atomic mass is 35.5. The minimum Gasteiger partial charge on any atom is -0.492 e. The molecule has 0 radical (unpaired) electrons. The van der Waals surface area contributed by atoms with E-state index in [2.05, 4.69) is 5.32 Å². The average molecular weight is 417 g/mol. The highest BCUT2D eigenvalue weighted by Crippen LogP contribution is 2.29. The van der Waals surface area contributed by atoms with Crippen molar-refractivity contribution in [3.05, 3.63) is 28.8 Å². The number of hydrogen-bond donors (Lipinski definition) is 1. The van der Waals surface area contributed by atoms with Crippen molar-refractivity contribution in [1.82, 2.24) is 9.62 Å². The first-order chi connectivity index (χ1) is 12.7. The molecular formula is C18H25ClN2O5S. The van der Waals surface area contributed by atoms with Gasteiger partial charge in [0.15, 0.2) is 0 Å². The molecule has 0 bridgehead atoms. The molecule has 1 saturated heterocycles. The number of carbonyl (C=O) groups excluding carboxylic acids is 1. The maximum atomic E-state index is 12.5. The molecule has 150 valence electrons. The minimum absolute atomic E-state index is 0.0696. The van der Waals surface area contributed by atoms with E-state index in [1.54, 1.807) is 18.2 Å². The molecule has 27 heavy (non-hydrogen) atoms. The number of ether oxygens (including phenoxy) is 2. The lowest BCUT2D eigenvalue weighted by Gasteiger charge is -2.34. The van der Waals surface area contributed by atoms with Gasteiger partial charge in [-0.1, -0.05) is 11.6 Å². The first-order valence-electron chi connectivity index (χ1n) is 9.07. The normalized spacial score (nSPS) is 26.1. The Kier molecular flexibility index (Phi) is 6.30. The Hall–Kier alpha value is -1.35. The molecule has 7 nitrogen and oxygen atoms in total. The molecule has 0 aromatic heterocycles. The number of amides is 1. The van der Waals surface area contributed by atoms with E-state index < -0.39 is 10.0 Å². The van der Waals surface area contributed by atoms with Crippen LogP contribution in [0.4, 0.5) is 0 Å². The first-order valence-corrected chi connectivity index (χ1v) is 11.1. The third kappa shape index (κ3) is 5.13. The number of fused-ring (bicyclic) bond motifs is 1. The van der Waals surface area contributed by atoms with Gasteiger partial charge in [-0.05, 0) is 44.0 Å². The molecule has 3 rings (SSSR count). The maximum absolute atomic E-state index is 12.5. The average Bonchev–Trinajstić information content (AvgIpc) is 2.60. The van der Waals surface area contributed by atoms with Gasteiger partial charge in [-0.2, -0.15) is 4.31 Å². The second-order valence-electron chi connectivity index (χ2n) is 7.15. The molecule has 3 atom stereocenters. The molecular weight excluding hydrogens is 392 g/mol. The molecule has 1 aromatic rings. The number of carbonyl (C=O) groups is 1. The molecule has 0 aliphatic carbocycles. The fraction of sp³-hybridized carbons (Fsp3) is 0.611. The number of sulfonamides is 1. The van der Waals surface area contributed by atoms with Crippen molar-refractivity contribution in [1.29, 1.82) is 0 Å². The number of nitrogens with one attached hydrogen (secondary N) is 1. The summed E-state index contributed by atoms with van der Waals surface area (Å²) in [5, 5.41) is 3.32. The van der Waals surface area contributed by atoms with Gasteiger partial charge in [0.2, 0.25) is 15.9 Å². The zero-order valence-corrected chi connectivity index (χ0v) is 17.1. The number of morpholine rings is 1. The van der Waals surface area contributed by atoms with Crippen molar-refractivity contribution in [2.45, 2.75) is 32.5 Å². The molecule has 1 N–H and O–H groups in total. The van der Waals surface area contributed by atoms with Gasteiger partial charge >= 0.3 is 0 Å². The largest absolute Gasteiger partial charge is 0.492 e. The summed E-state index contributed by atoms with van der Waals surface area (Å²) in [5.41, 5.74) is 0.887. The monoisotopic (exact) mass is 416 g/mol. The molecule has 9 heteroatoms. The zero-order valence-electron chi connectivity index (χ0n) is 15.5. The third-order valence-corrected chi connectivity index (χ3v) is 6.78. The van der Waals surface area contributed by atoms with E-state index in [9.17, 15) is 13.2 Å². The summed E-state index contributed by atoms with van der Waals surface area (Å²) in [6.07, 6.45) is 0.251. The number of nitrogens with zero attached hydrogens (tertiary/aromatic N) is 1. The van der Waals surface area contributed by atoms with Gasteiger partial charge in [-0.15, -0.1) is 0 Å². The SMILES string of the molecule is CC1CN(S(=O)(=O)CCNC(=O)C2COc3ccc(Cl)cc3C2)CC(C)O1. The highest BCUT2D eigenvalue weighted by Gasteiger charge is 2.31. The quantitative estimate of drug-likeness (QED) is 0.785. The Balaban J connectivity index is 1.51. The van der Waals surface area contributed by atoms with Crippen LogP contribution in [-0.4, -0.2) is 62.8 Å². The van der Waals surface area contributed by atoms with Crippen LogP contribution in [0, 0.1) is 5.92 Å². The molecule has 2 aliphatic rings. The molecule has 2 aliphatic heterocycles. The van der Waals surface area contributed by atoms with Crippen LogP contribution >= 0.6 is 11.6 Å². The lowest BCUT2D eigenvalue weighted by Crippen LogP contribution is -2.50. The Morgan fingerprint density at radius 3 is 2.70 bits per heavy atom. The van der Waals surface area contributed by atoms with Crippen molar-refractivity contribution in [2.75, 3.05) is 32.0 Å². The Bertz CT molecular complexity index is 791. The van der Waals surface area contributed by atoms with Gasteiger partial charge in [0.25, 0.3) is 0 Å². The zero-order chi connectivity index (χ0) is 19.6. The van der Waals surface area contributed by atoms with Crippen LogP contribution in [-0.2, 0) is 26.0 Å². The maximum Gasteiger partial charge on any atom is 0.226 e. The Morgan fingerprint density at radius 1 is 1.30 bits per heavy atom. The van der Waals surface area contributed by atoms with Crippen LogP contribution in [0.25, 0.3) is 0 Å².